The quantitative estimate of drug-likeness (QED) is 0.554. The Morgan fingerprint density at radius 1 is 1.27 bits per heavy atom. The smallest absolute Gasteiger partial charge is 0.272 e. The van der Waals surface area contributed by atoms with Gasteiger partial charge in [0.1, 0.15) is 4.88 Å². The average Bonchev–Trinajstić information content (AvgIpc) is 3.29. The summed E-state index contributed by atoms with van der Waals surface area (Å²) in [5.74, 6) is -0.0909. The summed E-state index contributed by atoms with van der Waals surface area (Å²) in [6, 6.07) is 9.95. The molecule has 0 saturated heterocycles. The van der Waals surface area contributed by atoms with Crippen LogP contribution in [-0.4, -0.2) is 22.4 Å². The molecule has 0 aliphatic heterocycles. The normalized spacial score (nSPS) is 11.3. The summed E-state index contributed by atoms with van der Waals surface area (Å²) in [6.45, 7) is 10.5. The molecule has 134 valence electrons. The molecule has 0 aliphatic rings. The Kier molecular flexibility index (Phi) is 5.34. The van der Waals surface area contributed by atoms with E-state index in [0.29, 0.717) is 16.6 Å². The molecular weight excluding hydrogens is 362 g/mol. The van der Waals surface area contributed by atoms with Crippen LogP contribution in [0.1, 0.15) is 35.5 Å². The third kappa shape index (κ3) is 3.92. The minimum absolute atomic E-state index is 0.0753. The highest BCUT2D eigenvalue weighted by molar-refractivity contribution is 7.15. The van der Waals surface area contributed by atoms with E-state index >= 15 is 0 Å². The van der Waals surface area contributed by atoms with Crippen molar-refractivity contribution in [2.45, 2.75) is 26.2 Å². The van der Waals surface area contributed by atoms with Crippen molar-refractivity contribution < 1.29 is 4.79 Å². The third-order valence-electron chi connectivity index (χ3n) is 3.71. The molecule has 1 amide bonds. The molecule has 2 heterocycles. The van der Waals surface area contributed by atoms with E-state index < -0.39 is 0 Å². The molecular formula is C20H21N3OS2. The molecule has 2 aromatic heterocycles. The van der Waals surface area contributed by atoms with Crippen LogP contribution < -0.4 is 4.90 Å². The van der Waals surface area contributed by atoms with E-state index in [9.17, 15) is 4.79 Å². The first-order valence-corrected chi connectivity index (χ1v) is 10.00. The molecule has 0 N–H and O–H groups in total. The number of aromatic nitrogens is 2. The van der Waals surface area contributed by atoms with E-state index in [2.05, 4.69) is 37.3 Å². The highest BCUT2D eigenvalue weighted by Crippen LogP contribution is 2.31. The molecule has 0 radical (unpaired) electrons. The molecule has 0 unspecified atom stereocenters. The van der Waals surface area contributed by atoms with Crippen molar-refractivity contribution in [2.75, 3.05) is 11.4 Å². The maximum atomic E-state index is 13.0. The third-order valence-corrected chi connectivity index (χ3v) is 5.98. The van der Waals surface area contributed by atoms with Crippen molar-refractivity contribution >= 4 is 33.7 Å². The average molecular weight is 384 g/mol. The highest BCUT2D eigenvalue weighted by atomic mass is 32.1. The van der Waals surface area contributed by atoms with Gasteiger partial charge in [0.25, 0.3) is 5.91 Å². The van der Waals surface area contributed by atoms with Gasteiger partial charge < -0.3 is 0 Å². The summed E-state index contributed by atoms with van der Waals surface area (Å²) in [4.78, 5) is 24.4. The SMILES string of the molecule is C=CCN(C(=O)c1cnc(C(C)(C)C)s1)c1nc(-c2ccccc2)cs1. The van der Waals surface area contributed by atoms with E-state index in [4.69, 9.17) is 0 Å². The van der Waals surface area contributed by atoms with Crippen LogP contribution in [0.25, 0.3) is 11.3 Å². The van der Waals surface area contributed by atoms with Gasteiger partial charge in [0.05, 0.1) is 16.9 Å². The second-order valence-electron chi connectivity index (χ2n) is 6.87. The number of anilines is 1. The van der Waals surface area contributed by atoms with Gasteiger partial charge in [-0.3, -0.25) is 9.69 Å². The molecule has 0 bridgehead atoms. The van der Waals surface area contributed by atoms with E-state index in [1.807, 2.05) is 35.7 Å². The molecule has 26 heavy (non-hydrogen) atoms. The summed E-state index contributed by atoms with van der Waals surface area (Å²) >= 11 is 2.90. The fourth-order valence-electron chi connectivity index (χ4n) is 2.36. The summed E-state index contributed by atoms with van der Waals surface area (Å²) in [6.07, 6.45) is 3.38. The lowest BCUT2D eigenvalue weighted by atomic mass is 9.98. The summed E-state index contributed by atoms with van der Waals surface area (Å²) in [5.41, 5.74) is 1.83. The molecule has 3 aromatic rings. The van der Waals surface area contributed by atoms with Crippen molar-refractivity contribution in [3.63, 3.8) is 0 Å². The molecule has 6 heteroatoms. The van der Waals surface area contributed by atoms with Crippen LogP contribution in [0.5, 0.6) is 0 Å². The first kappa shape index (κ1) is 18.5. The van der Waals surface area contributed by atoms with Crippen LogP contribution in [0.4, 0.5) is 5.13 Å². The Bertz CT molecular complexity index is 907. The van der Waals surface area contributed by atoms with E-state index in [0.717, 1.165) is 16.3 Å². The van der Waals surface area contributed by atoms with Gasteiger partial charge >= 0.3 is 0 Å². The standard InChI is InChI=1S/C20H21N3OS2/c1-5-11-23(17(24)16-12-21-18(26-16)20(2,3)4)19-22-15(13-25-19)14-9-7-6-8-10-14/h5-10,12-13H,1,11H2,2-4H3. The zero-order valence-corrected chi connectivity index (χ0v) is 16.7. The Labute approximate surface area is 161 Å². The van der Waals surface area contributed by atoms with Crippen molar-refractivity contribution in [3.05, 3.63) is 64.4 Å². The summed E-state index contributed by atoms with van der Waals surface area (Å²) in [5, 5.41) is 3.59. The molecule has 3 rings (SSSR count). The number of benzene rings is 1. The predicted molar refractivity (Wildman–Crippen MR) is 110 cm³/mol. The van der Waals surface area contributed by atoms with Crippen molar-refractivity contribution in [2.24, 2.45) is 0 Å². The van der Waals surface area contributed by atoms with Crippen LogP contribution in [0, 0.1) is 0 Å². The zero-order valence-electron chi connectivity index (χ0n) is 15.1. The number of rotatable bonds is 5. The van der Waals surface area contributed by atoms with Crippen molar-refractivity contribution in [1.29, 1.82) is 0 Å². The van der Waals surface area contributed by atoms with Gasteiger partial charge in [-0.15, -0.1) is 29.3 Å². The van der Waals surface area contributed by atoms with E-state index in [-0.39, 0.29) is 11.3 Å². The van der Waals surface area contributed by atoms with Gasteiger partial charge in [0, 0.05) is 22.9 Å². The minimum atomic E-state index is -0.0909. The van der Waals surface area contributed by atoms with Crippen LogP contribution in [-0.2, 0) is 5.41 Å². The first-order chi connectivity index (χ1) is 12.4. The predicted octanol–water partition coefficient (Wildman–Crippen LogP) is 5.40. The Balaban J connectivity index is 1.90. The van der Waals surface area contributed by atoms with Gasteiger partial charge in [-0.2, -0.15) is 0 Å². The maximum Gasteiger partial charge on any atom is 0.272 e. The van der Waals surface area contributed by atoms with Crippen LogP contribution in [0.15, 0.2) is 54.6 Å². The monoisotopic (exact) mass is 383 g/mol. The second-order valence-corrected chi connectivity index (χ2v) is 8.73. The number of hydrogen-bond donors (Lipinski definition) is 0. The Morgan fingerprint density at radius 2 is 2.00 bits per heavy atom. The molecule has 0 fully saturated rings. The number of amides is 1. The largest absolute Gasteiger partial charge is 0.279 e. The number of thiazole rings is 2. The molecule has 0 saturated carbocycles. The lowest BCUT2D eigenvalue weighted by Crippen LogP contribution is -2.30. The fraction of sp³-hybridized carbons (Fsp3) is 0.250. The highest BCUT2D eigenvalue weighted by Gasteiger charge is 2.25. The lowest BCUT2D eigenvalue weighted by molar-refractivity contribution is 0.0993. The number of nitrogens with zero attached hydrogens (tertiary/aromatic N) is 3. The molecule has 4 nitrogen and oxygen atoms in total. The van der Waals surface area contributed by atoms with Crippen molar-refractivity contribution in [1.82, 2.24) is 9.97 Å². The second kappa shape index (κ2) is 7.51. The molecule has 1 aromatic carbocycles. The van der Waals surface area contributed by atoms with Gasteiger partial charge in [0.2, 0.25) is 0 Å². The van der Waals surface area contributed by atoms with Gasteiger partial charge in [-0.1, -0.05) is 57.2 Å². The lowest BCUT2D eigenvalue weighted by Gasteiger charge is -2.17. The number of hydrogen-bond acceptors (Lipinski definition) is 5. The number of carbonyl (C=O) groups is 1. The molecule has 0 aliphatic carbocycles. The first-order valence-electron chi connectivity index (χ1n) is 8.30. The van der Waals surface area contributed by atoms with E-state index in [1.54, 1.807) is 17.2 Å². The van der Waals surface area contributed by atoms with Crippen LogP contribution in [0.3, 0.4) is 0 Å². The zero-order chi connectivity index (χ0) is 18.7. The van der Waals surface area contributed by atoms with Gasteiger partial charge in [0.15, 0.2) is 5.13 Å². The Morgan fingerprint density at radius 3 is 2.62 bits per heavy atom. The number of carbonyl (C=O) groups excluding carboxylic acids is 1. The van der Waals surface area contributed by atoms with Gasteiger partial charge in [-0.05, 0) is 0 Å². The van der Waals surface area contributed by atoms with Crippen LogP contribution >= 0.6 is 22.7 Å². The fourth-order valence-corrected chi connectivity index (χ4v) is 4.12. The Hall–Kier alpha value is -2.31. The summed E-state index contributed by atoms with van der Waals surface area (Å²) in [7, 11) is 0. The minimum Gasteiger partial charge on any atom is -0.279 e. The summed E-state index contributed by atoms with van der Waals surface area (Å²) < 4.78 is 0. The van der Waals surface area contributed by atoms with Crippen molar-refractivity contribution in [3.8, 4) is 11.3 Å². The van der Waals surface area contributed by atoms with E-state index in [1.165, 1.54) is 22.7 Å². The topological polar surface area (TPSA) is 46.1 Å². The molecule has 0 spiro atoms. The van der Waals surface area contributed by atoms with Gasteiger partial charge in [-0.25, -0.2) is 9.97 Å². The molecule has 0 atom stereocenters. The maximum absolute atomic E-state index is 13.0. The van der Waals surface area contributed by atoms with Crippen LogP contribution in [0.2, 0.25) is 0 Å².